The number of aryl methyl sites for hydroxylation is 1. The van der Waals surface area contributed by atoms with E-state index in [0.29, 0.717) is 30.7 Å². The molecule has 154 valence electrons. The van der Waals surface area contributed by atoms with E-state index in [4.69, 9.17) is 0 Å². The summed E-state index contributed by atoms with van der Waals surface area (Å²) >= 11 is 0. The summed E-state index contributed by atoms with van der Waals surface area (Å²) in [5.74, 6) is -1.15. The molecule has 0 bridgehead atoms. The molecule has 1 aliphatic rings. The fourth-order valence-corrected chi connectivity index (χ4v) is 4.74. The molecule has 0 aliphatic carbocycles. The highest BCUT2D eigenvalue weighted by Gasteiger charge is 2.33. The van der Waals surface area contributed by atoms with Gasteiger partial charge in [-0.3, -0.25) is 4.79 Å². The molecule has 1 aliphatic heterocycles. The van der Waals surface area contributed by atoms with Crippen LogP contribution in [0.15, 0.2) is 58.5 Å². The predicted molar refractivity (Wildman–Crippen MR) is 109 cm³/mol. The zero-order valence-electron chi connectivity index (χ0n) is 16.4. The average molecular weight is 418 g/mol. The first-order valence-electron chi connectivity index (χ1n) is 9.44. The number of sulfonamides is 1. The summed E-state index contributed by atoms with van der Waals surface area (Å²) < 4.78 is 40.1. The molecule has 0 radical (unpaired) electrons. The third-order valence-electron chi connectivity index (χ3n) is 5.01. The predicted octanol–water partition coefficient (Wildman–Crippen LogP) is 3.08. The van der Waals surface area contributed by atoms with Gasteiger partial charge in [0.1, 0.15) is 5.82 Å². The summed E-state index contributed by atoms with van der Waals surface area (Å²) in [5, 5.41) is 4.08. The van der Waals surface area contributed by atoms with Crippen molar-refractivity contribution in [2.24, 2.45) is 11.0 Å². The second-order valence-electron chi connectivity index (χ2n) is 7.20. The minimum absolute atomic E-state index is 0.118. The molecule has 0 aromatic heterocycles. The van der Waals surface area contributed by atoms with Gasteiger partial charge in [0.25, 0.3) is 0 Å². The van der Waals surface area contributed by atoms with Crippen molar-refractivity contribution in [3.8, 4) is 0 Å². The Morgan fingerprint density at radius 1 is 1.14 bits per heavy atom. The number of nitrogens with zero attached hydrogens (tertiary/aromatic N) is 2. The van der Waals surface area contributed by atoms with Gasteiger partial charge in [-0.1, -0.05) is 29.8 Å². The highest BCUT2D eigenvalue weighted by atomic mass is 32.2. The largest absolute Gasteiger partial charge is 0.273 e. The molecular formula is C21H24FN3O3S. The lowest BCUT2D eigenvalue weighted by molar-refractivity contribution is -0.126. The molecule has 3 rings (SSSR count). The van der Waals surface area contributed by atoms with Gasteiger partial charge in [-0.05, 0) is 56.5 Å². The van der Waals surface area contributed by atoms with Crippen molar-refractivity contribution in [2.45, 2.75) is 31.6 Å². The summed E-state index contributed by atoms with van der Waals surface area (Å²) in [6.07, 6.45) is 1.20. The fraction of sp³-hybridized carbons (Fsp3) is 0.333. The van der Waals surface area contributed by atoms with E-state index in [2.05, 4.69) is 10.5 Å². The van der Waals surface area contributed by atoms with Crippen LogP contribution in [0.25, 0.3) is 0 Å². The SMILES string of the molecule is C/C(=N/NC(=O)[C@H]1CCCN(S(=O)(=O)c2ccc(C)cc2)C1)c1ccc(F)cc1. The van der Waals surface area contributed by atoms with E-state index in [1.807, 2.05) is 6.92 Å². The lowest BCUT2D eigenvalue weighted by atomic mass is 9.99. The van der Waals surface area contributed by atoms with Crippen LogP contribution >= 0.6 is 0 Å². The molecule has 6 nitrogen and oxygen atoms in total. The van der Waals surface area contributed by atoms with E-state index < -0.39 is 15.9 Å². The van der Waals surface area contributed by atoms with Crippen LogP contribution in [0.5, 0.6) is 0 Å². The summed E-state index contributed by atoms with van der Waals surface area (Å²) in [6.45, 7) is 4.11. The van der Waals surface area contributed by atoms with Gasteiger partial charge in [0.2, 0.25) is 15.9 Å². The number of carbonyl (C=O) groups excluding carboxylic acids is 1. The van der Waals surface area contributed by atoms with Crippen LogP contribution in [0.2, 0.25) is 0 Å². The first kappa shape index (κ1) is 21.1. The number of amides is 1. The summed E-state index contributed by atoms with van der Waals surface area (Å²) in [5.41, 5.74) is 4.73. The zero-order chi connectivity index (χ0) is 21.0. The molecule has 1 atom stereocenters. The highest BCUT2D eigenvalue weighted by molar-refractivity contribution is 7.89. The Hall–Kier alpha value is -2.58. The van der Waals surface area contributed by atoms with Crippen LogP contribution in [-0.4, -0.2) is 37.4 Å². The Labute approximate surface area is 170 Å². The third kappa shape index (κ3) is 5.07. The Morgan fingerprint density at radius 2 is 1.79 bits per heavy atom. The summed E-state index contributed by atoms with van der Waals surface area (Å²) in [6, 6.07) is 12.5. The maximum absolute atomic E-state index is 13.0. The number of rotatable bonds is 5. The molecule has 1 amide bonds. The molecule has 1 fully saturated rings. The van der Waals surface area contributed by atoms with Gasteiger partial charge in [0.05, 0.1) is 16.5 Å². The number of benzene rings is 2. The van der Waals surface area contributed by atoms with E-state index in [9.17, 15) is 17.6 Å². The third-order valence-corrected chi connectivity index (χ3v) is 6.89. The number of nitrogens with one attached hydrogen (secondary N) is 1. The number of piperidine rings is 1. The van der Waals surface area contributed by atoms with Crippen molar-refractivity contribution in [3.63, 3.8) is 0 Å². The molecule has 0 unspecified atom stereocenters. The molecule has 2 aromatic carbocycles. The molecule has 1 heterocycles. The van der Waals surface area contributed by atoms with Crippen LogP contribution in [-0.2, 0) is 14.8 Å². The first-order valence-corrected chi connectivity index (χ1v) is 10.9. The van der Waals surface area contributed by atoms with Crippen molar-refractivity contribution in [1.82, 2.24) is 9.73 Å². The van der Waals surface area contributed by atoms with Gasteiger partial charge in [-0.25, -0.2) is 18.2 Å². The lowest BCUT2D eigenvalue weighted by Gasteiger charge is -2.30. The second kappa shape index (κ2) is 8.84. The van der Waals surface area contributed by atoms with Gasteiger partial charge < -0.3 is 0 Å². The van der Waals surface area contributed by atoms with Crippen LogP contribution in [0.4, 0.5) is 4.39 Å². The summed E-state index contributed by atoms with van der Waals surface area (Å²) in [4.78, 5) is 12.8. The minimum Gasteiger partial charge on any atom is -0.273 e. The molecule has 2 aromatic rings. The number of hydrazone groups is 1. The molecule has 0 saturated carbocycles. The molecule has 1 saturated heterocycles. The van der Waals surface area contributed by atoms with Crippen molar-refractivity contribution in [3.05, 3.63) is 65.5 Å². The Bertz CT molecular complexity index is 1000. The van der Waals surface area contributed by atoms with Gasteiger partial charge in [0.15, 0.2) is 0 Å². The average Bonchev–Trinajstić information content (AvgIpc) is 2.72. The quantitative estimate of drug-likeness (QED) is 0.600. The first-order chi connectivity index (χ1) is 13.8. The lowest BCUT2D eigenvalue weighted by Crippen LogP contribution is -2.44. The van der Waals surface area contributed by atoms with Crippen LogP contribution in [0, 0.1) is 18.7 Å². The maximum atomic E-state index is 13.0. The number of hydrogen-bond acceptors (Lipinski definition) is 4. The van der Waals surface area contributed by atoms with Gasteiger partial charge in [-0.2, -0.15) is 9.41 Å². The van der Waals surface area contributed by atoms with Crippen molar-refractivity contribution < 1.29 is 17.6 Å². The monoisotopic (exact) mass is 417 g/mol. The van der Waals surface area contributed by atoms with Gasteiger partial charge >= 0.3 is 0 Å². The van der Waals surface area contributed by atoms with Crippen molar-refractivity contribution in [1.29, 1.82) is 0 Å². The molecule has 0 spiro atoms. The number of halogens is 1. The number of hydrogen-bond donors (Lipinski definition) is 1. The zero-order valence-corrected chi connectivity index (χ0v) is 17.2. The van der Waals surface area contributed by atoms with Crippen molar-refractivity contribution in [2.75, 3.05) is 13.1 Å². The maximum Gasteiger partial charge on any atom is 0.244 e. The molecule has 29 heavy (non-hydrogen) atoms. The van der Waals surface area contributed by atoms with Gasteiger partial charge in [-0.15, -0.1) is 0 Å². The Kier molecular flexibility index (Phi) is 6.44. The molecule has 1 N–H and O–H groups in total. The molecule has 8 heteroatoms. The summed E-state index contributed by atoms with van der Waals surface area (Å²) in [7, 11) is -3.64. The van der Waals surface area contributed by atoms with E-state index in [-0.39, 0.29) is 23.2 Å². The van der Waals surface area contributed by atoms with Crippen molar-refractivity contribution >= 4 is 21.6 Å². The van der Waals surface area contributed by atoms with Gasteiger partial charge in [0, 0.05) is 13.1 Å². The Morgan fingerprint density at radius 3 is 2.45 bits per heavy atom. The second-order valence-corrected chi connectivity index (χ2v) is 9.13. The standard InChI is InChI=1S/C21H24FN3O3S/c1-15-5-11-20(12-6-15)29(27,28)25-13-3-4-18(14-25)21(26)24-23-16(2)17-7-9-19(22)10-8-17/h5-12,18H,3-4,13-14H2,1-2H3,(H,24,26)/b23-16-/t18-/m0/s1. The van der Waals surface area contributed by atoms with E-state index >= 15 is 0 Å². The number of carbonyl (C=O) groups is 1. The normalized spacial score (nSPS) is 18.4. The molecular weight excluding hydrogens is 393 g/mol. The van der Waals surface area contributed by atoms with E-state index in [1.54, 1.807) is 43.3 Å². The van der Waals surface area contributed by atoms with Crippen LogP contribution < -0.4 is 5.43 Å². The topological polar surface area (TPSA) is 78.8 Å². The fourth-order valence-electron chi connectivity index (χ4n) is 3.22. The smallest absolute Gasteiger partial charge is 0.244 e. The Balaban J connectivity index is 1.66. The van der Waals surface area contributed by atoms with Crippen LogP contribution in [0.3, 0.4) is 0 Å². The van der Waals surface area contributed by atoms with E-state index in [1.165, 1.54) is 16.4 Å². The highest BCUT2D eigenvalue weighted by Crippen LogP contribution is 2.24. The van der Waals surface area contributed by atoms with Crippen LogP contribution in [0.1, 0.15) is 30.9 Å². The van der Waals surface area contributed by atoms with E-state index in [0.717, 1.165) is 5.56 Å². The minimum atomic E-state index is -3.64.